The van der Waals surface area contributed by atoms with Gasteiger partial charge in [-0.2, -0.15) is 0 Å². The number of carbonyl (C=O) groups excluding carboxylic acids is 1. The Morgan fingerprint density at radius 1 is 1.03 bits per heavy atom. The van der Waals surface area contributed by atoms with Crippen molar-refractivity contribution < 1.29 is 9.53 Å². The number of aromatic nitrogens is 3. The molecular formula is C25H20N4O3. The predicted molar refractivity (Wildman–Crippen MR) is 125 cm³/mol. The second kappa shape index (κ2) is 7.70. The molecule has 1 amide bonds. The van der Waals surface area contributed by atoms with Crippen LogP contribution in [0.1, 0.15) is 15.9 Å². The molecule has 0 saturated heterocycles. The van der Waals surface area contributed by atoms with Crippen LogP contribution in [0.3, 0.4) is 0 Å². The summed E-state index contributed by atoms with van der Waals surface area (Å²) in [6.07, 6.45) is 1.57. The van der Waals surface area contributed by atoms with Crippen molar-refractivity contribution in [3.8, 4) is 11.4 Å². The molecule has 0 aliphatic carbocycles. The molecule has 32 heavy (non-hydrogen) atoms. The summed E-state index contributed by atoms with van der Waals surface area (Å²) in [6, 6.07) is 20.1. The smallest absolute Gasteiger partial charge is 0.280 e. The Labute approximate surface area is 183 Å². The molecule has 3 aromatic carbocycles. The fraction of sp³-hybridized carbons (Fsp3) is 0.0800. The van der Waals surface area contributed by atoms with Crippen LogP contribution in [0.15, 0.2) is 77.7 Å². The van der Waals surface area contributed by atoms with E-state index in [1.165, 1.54) is 4.68 Å². The molecule has 0 fully saturated rings. The zero-order valence-corrected chi connectivity index (χ0v) is 17.5. The van der Waals surface area contributed by atoms with Crippen LogP contribution in [0.4, 0.5) is 5.69 Å². The molecule has 0 saturated carbocycles. The quantitative estimate of drug-likeness (QED) is 0.447. The largest absolute Gasteiger partial charge is 0.497 e. The predicted octanol–water partition coefficient (Wildman–Crippen LogP) is 4.44. The first kappa shape index (κ1) is 19.6. The van der Waals surface area contributed by atoms with E-state index in [-0.39, 0.29) is 11.5 Å². The van der Waals surface area contributed by atoms with E-state index in [1.807, 2.05) is 37.3 Å². The van der Waals surface area contributed by atoms with Gasteiger partial charge in [-0.1, -0.05) is 23.8 Å². The van der Waals surface area contributed by atoms with Crippen molar-refractivity contribution in [3.63, 3.8) is 0 Å². The highest BCUT2D eigenvalue weighted by atomic mass is 16.5. The lowest BCUT2D eigenvalue weighted by atomic mass is 10.1. The summed E-state index contributed by atoms with van der Waals surface area (Å²) in [5.74, 6) is 0.389. The van der Waals surface area contributed by atoms with Gasteiger partial charge in [-0.05, 0) is 49.4 Å². The summed E-state index contributed by atoms with van der Waals surface area (Å²) in [5.41, 5.74) is 4.06. The summed E-state index contributed by atoms with van der Waals surface area (Å²) in [6.45, 7) is 1.99. The van der Waals surface area contributed by atoms with Crippen LogP contribution >= 0.6 is 0 Å². The van der Waals surface area contributed by atoms with Gasteiger partial charge in [0, 0.05) is 28.9 Å². The number of methoxy groups -OCH3 is 1. The Balaban J connectivity index is 1.58. The van der Waals surface area contributed by atoms with Crippen molar-refractivity contribution in [2.45, 2.75) is 6.92 Å². The molecule has 0 radical (unpaired) electrons. The molecule has 0 aliphatic rings. The number of ether oxygens (including phenoxy) is 1. The minimum absolute atomic E-state index is 0.190. The number of aromatic amines is 1. The second-order valence-electron chi connectivity index (χ2n) is 7.55. The molecule has 2 N–H and O–H groups in total. The van der Waals surface area contributed by atoms with E-state index in [2.05, 4.69) is 15.4 Å². The van der Waals surface area contributed by atoms with E-state index in [1.54, 1.807) is 49.7 Å². The third-order valence-electron chi connectivity index (χ3n) is 5.41. The summed E-state index contributed by atoms with van der Waals surface area (Å²) >= 11 is 0. The normalized spacial score (nSPS) is 11.1. The highest BCUT2D eigenvalue weighted by Crippen LogP contribution is 2.24. The third-order valence-corrected chi connectivity index (χ3v) is 5.41. The zero-order chi connectivity index (χ0) is 22.2. The number of benzene rings is 3. The first-order chi connectivity index (χ1) is 15.5. The van der Waals surface area contributed by atoms with Crippen molar-refractivity contribution in [1.82, 2.24) is 14.8 Å². The number of rotatable bonds is 4. The number of fused-ring (bicyclic) bond motifs is 3. The molecule has 0 atom stereocenters. The van der Waals surface area contributed by atoms with Crippen LogP contribution in [0.25, 0.3) is 27.5 Å². The molecule has 158 valence electrons. The number of anilines is 1. The van der Waals surface area contributed by atoms with Gasteiger partial charge < -0.3 is 10.1 Å². The monoisotopic (exact) mass is 424 g/mol. The van der Waals surface area contributed by atoms with Gasteiger partial charge in [0.25, 0.3) is 11.5 Å². The number of H-pyrrole nitrogens is 1. The molecule has 0 bridgehead atoms. The first-order valence-electron chi connectivity index (χ1n) is 10.1. The van der Waals surface area contributed by atoms with Crippen molar-refractivity contribution in [1.29, 1.82) is 0 Å². The Kier molecular flexibility index (Phi) is 4.71. The molecule has 0 unspecified atom stereocenters. The van der Waals surface area contributed by atoms with Crippen LogP contribution in [-0.2, 0) is 0 Å². The minimum atomic E-state index is -0.266. The number of carbonyl (C=O) groups is 1. The van der Waals surface area contributed by atoms with Gasteiger partial charge in [0.05, 0.1) is 29.2 Å². The van der Waals surface area contributed by atoms with Crippen LogP contribution < -0.4 is 15.6 Å². The van der Waals surface area contributed by atoms with Crippen molar-refractivity contribution in [3.05, 3.63) is 94.4 Å². The van der Waals surface area contributed by atoms with Crippen molar-refractivity contribution in [2.24, 2.45) is 0 Å². The average Bonchev–Trinajstić information content (AvgIpc) is 3.16. The van der Waals surface area contributed by atoms with E-state index in [0.29, 0.717) is 38.8 Å². The van der Waals surface area contributed by atoms with Gasteiger partial charge in [0.1, 0.15) is 5.75 Å². The van der Waals surface area contributed by atoms with E-state index in [9.17, 15) is 9.59 Å². The van der Waals surface area contributed by atoms with E-state index in [0.717, 1.165) is 11.3 Å². The Hall–Kier alpha value is -4.39. The third kappa shape index (κ3) is 3.39. The lowest BCUT2D eigenvalue weighted by Crippen LogP contribution is -2.14. The molecule has 0 spiro atoms. The lowest BCUT2D eigenvalue weighted by Gasteiger charge is -2.08. The molecule has 7 nitrogen and oxygen atoms in total. The fourth-order valence-electron chi connectivity index (χ4n) is 3.68. The number of hydrogen-bond acceptors (Lipinski definition) is 4. The Morgan fingerprint density at radius 2 is 1.84 bits per heavy atom. The number of hydrogen-bond donors (Lipinski definition) is 2. The number of nitrogens with zero attached hydrogens (tertiary/aromatic N) is 2. The Morgan fingerprint density at radius 3 is 2.62 bits per heavy atom. The summed E-state index contributed by atoms with van der Waals surface area (Å²) < 4.78 is 6.70. The Bertz CT molecular complexity index is 1530. The summed E-state index contributed by atoms with van der Waals surface area (Å²) in [4.78, 5) is 30.3. The molecular weight excluding hydrogens is 404 g/mol. The van der Waals surface area contributed by atoms with Crippen LogP contribution in [0.5, 0.6) is 5.75 Å². The van der Waals surface area contributed by atoms with E-state index >= 15 is 0 Å². The molecule has 2 heterocycles. The maximum absolute atomic E-state index is 13.0. The molecule has 7 heteroatoms. The first-order valence-corrected chi connectivity index (χ1v) is 10.1. The lowest BCUT2D eigenvalue weighted by molar-refractivity contribution is 0.102. The number of pyridine rings is 1. The maximum Gasteiger partial charge on any atom is 0.280 e. The molecule has 0 aliphatic heterocycles. The number of aryl methyl sites for hydroxylation is 1. The van der Waals surface area contributed by atoms with Gasteiger partial charge in [0.15, 0.2) is 0 Å². The molecule has 5 aromatic rings. The SMILES string of the molecule is COc1cccc(NC(=O)c2ccc3ncc4c(=O)n(-c5ccc(C)cc5)[nH]c4c3c2)c1. The number of nitrogens with one attached hydrogen (secondary N) is 2. The van der Waals surface area contributed by atoms with E-state index in [4.69, 9.17) is 4.74 Å². The van der Waals surface area contributed by atoms with Crippen LogP contribution in [0.2, 0.25) is 0 Å². The molecule has 5 rings (SSSR count). The molecule has 2 aromatic heterocycles. The summed E-state index contributed by atoms with van der Waals surface area (Å²) in [7, 11) is 1.58. The maximum atomic E-state index is 13.0. The second-order valence-corrected chi connectivity index (χ2v) is 7.55. The van der Waals surface area contributed by atoms with Crippen LogP contribution in [-0.4, -0.2) is 27.8 Å². The van der Waals surface area contributed by atoms with Gasteiger partial charge in [-0.25, -0.2) is 4.68 Å². The average molecular weight is 424 g/mol. The highest BCUT2D eigenvalue weighted by molar-refractivity contribution is 6.10. The van der Waals surface area contributed by atoms with Crippen molar-refractivity contribution >= 4 is 33.4 Å². The van der Waals surface area contributed by atoms with E-state index < -0.39 is 0 Å². The highest BCUT2D eigenvalue weighted by Gasteiger charge is 2.14. The van der Waals surface area contributed by atoms with Gasteiger partial charge in [0.2, 0.25) is 0 Å². The number of amides is 1. The van der Waals surface area contributed by atoms with Crippen LogP contribution in [0, 0.1) is 6.92 Å². The zero-order valence-electron chi connectivity index (χ0n) is 17.5. The van der Waals surface area contributed by atoms with Gasteiger partial charge >= 0.3 is 0 Å². The fourth-order valence-corrected chi connectivity index (χ4v) is 3.68. The summed E-state index contributed by atoms with van der Waals surface area (Å²) in [5, 5.41) is 7.23. The topological polar surface area (TPSA) is 89.0 Å². The standard InChI is InChI=1S/C25H20N4O3/c1-15-6-9-18(10-7-15)29-25(31)21-14-26-22-11-8-16(12-20(22)23(21)28-29)24(30)27-17-4-3-5-19(13-17)32-2/h3-14,28H,1-2H3,(H,27,30). The van der Waals surface area contributed by atoms with Crippen molar-refractivity contribution in [2.75, 3.05) is 12.4 Å². The minimum Gasteiger partial charge on any atom is -0.497 e. The van der Waals surface area contributed by atoms with Gasteiger partial charge in [-0.3, -0.25) is 19.7 Å². The van der Waals surface area contributed by atoms with Gasteiger partial charge in [-0.15, -0.1) is 0 Å².